The smallest absolute Gasteiger partial charge is 0.408 e. The molecular weight excluding hydrogens is 454 g/mol. The third-order valence-corrected chi connectivity index (χ3v) is 5.91. The molecule has 0 aromatic heterocycles. The molecule has 0 saturated carbocycles. The minimum Gasteiger partial charge on any atom is -0.444 e. The second kappa shape index (κ2) is 13.5. The zero-order valence-electron chi connectivity index (χ0n) is 23.7. The van der Waals surface area contributed by atoms with Crippen molar-refractivity contribution >= 4 is 24.0 Å². The van der Waals surface area contributed by atoms with E-state index in [0.29, 0.717) is 18.5 Å². The predicted octanol–water partition coefficient (Wildman–Crippen LogP) is 5.85. The lowest BCUT2D eigenvalue weighted by Crippen LogP contribution is -2.60. The Morgan fingerprint density at radius 1 is 1.11 bits per heavy atom. The van der Waals surface area contributed by atoms with Crippen LogP contribution in [-0.2, 0) is 14.3 Å². The number of alkyl carbamates (subject to hydrolysis) is 1. The molecule has 0 saturated heterocycles. The third-order valence-electron chi connectivity index (χ3n) is 5.91. The molecular formula is C29H47N3O4. The Kier molecular flexibility index (Phi) is 11.7. The van der Waals surface area contributed by atoms with Crippen LogP contribution in [0.15, 0.2) is 30.8 Å². The highest BCUT2D eigenvalue weighted by Gasteiger charge is 2.43. The normalized spacial score (nSPS) is 14.2. The molecule has 1 aromatic rings. The highest BCUT2D eigenvalue weighted by molar-refractivity contribution is 5.93. The average Bonchev–Trinajstić information content (AvgIpc) is 2.78. The van der Waals surface area contributed by atoms with Crippen molar-refractivity contribution in [1.29, 1.82) is 0 Å². The van der Waals surface area contributed by atoms with Gasteiger partial charge in [0.1, 0.15) is 17.7 Å². The third kappa shape index (κ3) is 9.32. The number of benzene rings is 1. The quantitative estimate of drug-likeness (QED) is 0.372. The number of nitrogens with zero attached hydrogens (tertiary/aromatic N) is 1. The molecule has 7 nitrogen and oxygen atoms in total. The van der Waals surface area contributed by atoms with E-state index in [0.717, 1.165) is 18.4 Å². The molecule has 0 aliphatic rings. The van der Waals surface area contributed by atoms with Gasteiger partial charge in [-0.15, -0.1) is 0 Å². The maximum atomic E-state index is 14.3. The van der Waals surface area contributed by atoms with Crippen molar-refractivity contribution < 1.29 is 19.1 Å². The Balaban J connectivity index is 3.60. The van der Waals surface area contributed by atoms with E-state index in [1.807, 2.05) is 58.9 Å². The summed E-state index contributed by atoms with van der Waals surface area (Å²) < 4.78 is 5.46. The first-order chi connectivity index (χ1) is 16.7. The second-order valence-corrected chi connectivity index (χ2v) is 11.3. The molecule has 202 valence electrons. The Labute approximate surface area is 218 Å². The molecule has 36 heavy (non-hydrogen) atoms. The summed E-state index contributed by atoms with van der Waals surface area (Å²) in [6.07, 6.45) is 3.49. The number of carbonyl (C=O) groups is 3. The van der Waals surface area contributed by atoms with E-state index in [1.165, 1.54) is 0 Å². The van der Waals surface area contributed by atoms with Crippen molar-refractivity contribution in [3.05, 3.63) is 42.0 Å². The van der Waals surface area contributed by atoms with Crippen LogP contribution in [0.4, 0.5) is 4.79 Å². The van der Waals surface area contributed by atoms with Crippen molar-refractivity contribution in [3.8, 4) is 0 Å². The Morgan fingerprint density at radius 2 is 1.75 bits per heavy atom. The summed E-state index contributed by atoms with van der Waals surface area (Å²) >= 11 is 0. The van der Waals surface area contributed by atoms with E-state index in [2.05, 4.69) is 24.1 Å². The molecule has 0 aliphatic carbocycles. The van der Waals surface area contributed by atoms with E-state index in [-0.39, 0.29) is 17.7 Å². The van der Waals surface area contributed by atoms with Crippen molar-refractivity contribution in [2.24, 2.45) is 5.92 Å². The number of hydrogen-bond donors (Lipinski definition) is 2. The number of unbranched alkanes of at least 4 members (excludes halogenated alkanes) is 1. The lowest BCUT2D eigenvalue weighted by molar-refractivity contribution is -0.149. The highest BCUT2D eigenvalue weighted by atomic mass is 16.6. The zero-order chi connectivity index (χ0) is 27.7. The number of rotatable bonds is 11. The summed E-state index contributed by atoms with van der Waals surface area (Å²) in [6, 6.07) is 5.73. The fourth-order valence-corrected chi connectivity index (χ4v) is 3.87. The van der Waals surface area contributed by atoms with Gasteiger partial charge in [-0.2, -0.15) is 0 Å². The van der Waals surface area contributed by atoms with Gasteiger partial charge in [0, 0.05) is 12.1 Å². The molecule has 3 atom stereocenters. The van der Waals surface area contributed by atoms with Gasteiger partial charge in [-0.1, -0.05) is 64.5 Å². The van der Waals surface area contributed by atoms with Gasteiger partial charge in [0.2, 0.25) is 11.8 Å². The van der Waals surface area contributed by atoms with Crippen LogP contribution in [0.25, 0.3) is 6.08 Å². The Hall–Kier alpha value is -2.83. The van der Waals surface area contributed by atoms with Crippen LogP contribution in [-0.4, -0.2) is 46.5 Å². The van der Waals surface area contributed by atoms with Crippen LogP contribution in [0.1, 0.15) is 98.7 Å². The van der Waals surface area contributed by atoms with Gasteiger partial charge in [0.15, 0.2) is 0 Å². The molecule has 1 rings (SSSR count). The van der Waals surface area contributed by atoms with Gasteiger partial charge < -0.3 is 20.3 Å². The zero-order valence-corrected chi connectivity index (χ0v) is 23.7. The van der Waals surface area contributed by atoms with Crippen molar-refractivity contribution in [2.75, 3.05) is 6.54 Å². The van der Waals surface area contributed by atoms with Crippen LogP contribution in [0.5, 0.6) is 0 Å². The monoisotopic (exact) mass is 501 g/mol. The van der Waals surface area contributed by atoms with Gasteiger partial charge in [-0.05, 0) is 71.1 Å². The number of amides is 3. The lowest BCUT2D eigenvalue weighted by atomic mass is 9.91. The topological polar surface area (TPSA) is 87.7 Å². The maximum absolute atomic E-state index is 14.3. The van der Waals surface area contributed by atoms with Crippen molar-refractivity contribution in [1.82, 2.24) is 15.5 Å². The van der Waals surface area contributed by atoms with Crippen LogP contribution < -0.4 is 10.6 Å². The molecule has 0 fully saturated rings. The number of nitrogens with one attached hydrogen (secondary N) is 2. The molecule has 7 heteroatoms. The van der Waals surface area contributed by atoms with E-state index < -0.39 is 29.3 Å². The van der Waals surface area contributed by atoms with E-state index >= 15 is 0 Å². The summed E-state index contributed by atoms with van der Waals surface area (Å²) in [7, 11) is 0. The van der Waals surface area contributed by atoms with Gasteiger partial charge in [-0.3, -0.25) is 9.59 Å². The highest BCUT2D eigenvalue weighted by Crippen LogP contribution is 2.32. The maximum Gasteiger partial charge on any atom is 0.408 e. The SMILES string of the molecule is C=Cc1cccc(C(C(=O)NCCCC)N(C(=O)C(NC(=O)OC(C)(C)C)C(C)CC)C(C)(C)C)c1. The summed E-state index contributed by atoms with van der Waals surface area (Å²) in [4.78, 5) is 42.2. The van der Waals surface area contributed by atoms with Crippen LogP contribution in [0, 0.1) is 5.92 Å². The Morgan fingerprint density at radius 3 is 2.25 bits per heavy atom. The molecule has 0 heterocycles. The Bertz CT molecular complexity index is 899. The number of carbonyl (C=O) groups excluding carboxylic acids is 3. The minimum absolute atomic E-state index is 0.182. The van der Waals surface area contributed by atoms with Crippen molar-refractivity contribution in [3.63, 3.8) is 0 Å². The molecule has 1 aromatic carbocycles. The summed E-state index contributed by atoms with van der Waals surface area (Å²) in [5, 5.41) is 5.81. The van der Waals surface area contributed by atoms with Crippen LogP contribution in [0.3, 0.4) is 0 Å². The molecule has 2 N–H and O–H groups in total. The number of ether oxygens (including phenoxy) is 1. The van der Waals surface area contributed by atoms with Crippen LogP contribution in [0.2, 0.25) is 0 Å². The first kappa shape index (κ1) is 31.2. The molecule has 0 radical (unpaired) electrons. The first-order valence-corrected chi connectivity index (χ1v) is 13.0. The average molecular weight is 502 g/mol. The molecule has 0 spiro atoms. The lowest BCUT2D eigenvalue weighted by Gasteiger charge is -2.44. The fraction of sp³-hybridized carbons (Fsp3) is 0.621. The van der Waals surface area contributed by atoms with Crippen LogP contribution >= 0.6 is 0 Å². The molecule has 3 unspecified atom stereocenters. The number of hydrogen-bond acceptors (Lipinski definition) is 4. The molecule has 3 amide bonds. The van der Waals surface area contributed by atoms with Gasteiger partial charge >= 0.3 is 6.09 Å². The summed E-state index contributed by atoms with van der Waals surface area (Å²) in [5.41, 5.74) is 0.106. The van der Waals surface area contributed by atoms with Crippen molar-refractivity contribution in [2.45, 2.75) is 105 Å². The largest absolute Gasteiger partial charge is 0.444 e. The second-order valence-electron chi connectivity index (χ2n) is 11.3. The van der Waals surface area contributed by atoms with E-state index in [4.69, 9.17) is 4.74 Å². The summed E-state index contributed by atoms with van der Waals surface area (Å²) in [5.74, 6) is -0.770. The van der Waals surface area contributed by atoms with Gasteiger partial charge in [0.25, 0.3) is 0 Å². The molecule has 0 aliphatic heterocycles. The fourth-order valence-electron chi connectivity index (χ4n) is 3.87. The molecule has 0 bridgehead atoms. The predicted molar refractivity (Wildman–Crippen MR) is 146 cm³/mol. The first-order valence-electron chi connectivity index (χ1n) is 13.0. The van der Waals surface area contributed by atoms with Gasteiger partial charge in [-0.25, -0.2) is 4.79 Å². The van der Waals surface area contributed by atoms with E-state index in [9.17, 15) is 14.4 Å². The summed E-state index contributed by atoms with van der Waals surface area (Å²) in [6.45, 7) is 21.3. The minimum atomic E-state index is -0.888. The van der Waals surface area contributed by atoms with Gasteiger partial charge in [0.05, 0.1) is 0 Å². The standard InChI is InChI=1S/C29H47N3O4/c1-11-14-18-30-25(33)24(22-17-15-16-21(13-3)19-22)32(28(5,6)7)26(34)23(20(4)12-2)31-27(35)36-29(8,9)10/h13,15-17,19-20,23-24H,3,11-12,14,18H2,1-2,4-10H3,(H,30,33)(H,31,35). The van der Waals surface area contributed by atoms with E-state index in [1.54, 1.807) is 31.7 Å².